The highest BCUT2D eigenvalue weighted by molar-refractivity contribution is 7.98. The van der Waals surface area contributed by atoms with Crippen molar-refractivity contribution in [1.82, 2.24) is 9.21 Å². The lowest BCUT2D eigenvalue weighted by Crippen LogP contribution is -2.33. The third-order valence-corrected chi connectivity index (χ3v) is 5.93. The first-order valence-corrected chi connectivity index (χ1v) is 9.85. The summed E-state index contributed by atoms with van der Waals surface area (Å²) in [7, 11) is 0. The average Bonchev–Trinajstić information content (AvgIpc) is 2.69. The zero-order valence-corrected chi connectivity index (χ0v) is 16.6. The molecule has 3 nitrogen and oxygen atoms in total. The summed E-state index contributed by atoms with van der Waals surface area (Å²) in [5.74, 6) is -0.0169. The molecule has 0 saturated carbocycles. The summed E-state index contributed by atoms with van der Waals surface area (Å²) in [4.78, 5) is 14.3. The van der Waals surface area contributed by atoms with E-state index in [0.717, 1.165) is 26.2 Å². The molecule has 1 heterocycles. The summed E-state index contributed by atoms with van der Waals surface area (Å²) in [6.07, 6.45) is 7.80. The molecular weight excluding hydrogens is 342 g/mol. The zero-order chi connectivity index (χ0) is 18.7. The van der Waals surface area contributed by atoms with Crippen LogP contribution >= 0.6 is 11.9 Å². The van der Waals surface area contributed by atoms with Gasteiger partial charge in [-0.2, -0.15) is 8.78 Å². The lowest BCUT2D eigenvalue weighted by molar-refractivity contribution is -0.125. The van der Waals surface area contributed by atoms with E-state index in [4.69, 9.17) is 0 Å². The van der Waals surface area contributed by atoms with Crippen LogP contribution in [0.25, 0.3) is 0 Å². The lowest BCUT2D eigenvalue weighted by atomic mass is 9.72. The summed E-state index contributed by atoms with van der Waals surface area (Å²) in [6, 6.07) is 0. The van der Waals surface area contributed by atoms with Crippen LogP contribution in [0.15, 0.2) is 23.3 Å². The third-order valence-electron chi connectivity index (χ3n) is 4.99. The number of allylic oxidation sites excluding steroid dienone is 3. The predicted octanol–water partition coefficient (Wildman–Crippen LogP) is 4.86. The summed E-state index contributed by atoms with van der Waals surface area (Å²) in [5, 5.41) is -2.77. The highest BCUT2D eigenvalue weighted by Gasteiger charge is 2.29. The van der Waals surface area contributed by atoms with Crippen molar-refractivity contribution >= 4 is 17.9 Å². The molecule has 1 aliphatic heterocycles. The fourth-order valence-corrected chi connectivity index (χ4v) is 4.55. The maximum absolute atomic E-state index is 13.2. The van der Waals surface area contributed by atoms with Crippen molar-refractivity contribution in [2.45, 2.75) is 58.6 Å². The van der Waals surface area contributed by atoms with E-state index in [0.29, 0.717) is 38.1 Å². The Morgan fingerprint density at radius 3 is 2.56 bits per heavy atom. The number of carbonyl (C=O) groups is 1. The van der Waals surface area contributed by atoms with E-state index >= 15 is 0 Å². The second kappa shape index (κ2) is 8.21. The Balaban J connectivity index is 1.97. The van der Waals surface area contributed by atoms with E-state index in [2.05, 4.69) is 20.8 Å². The molecule has 0 bridgehead atoms. The first kappa shape index (κ1) is 20.4. The van der Waals surface area contributed by atoms with Gasteiger partial charge in [-0.1, -0.05) is 25.5 Å². The normalized spacial score (nSPS) is 23.2. The van der Waals surface area contributed by atoms with Crippen LogP contribution in [-0.4, -0.2) is 46.5 Å². The van der Waals surface area contributed by atoms with Crippen LogP contribution in [0.4, 0.5) is 8.78 Å². The van der Waals surface area contributed by atoms with Crippen LogP contribution in [0.2, 0.25) is 0 Å². The van der Waals surface area contributed by atoms with Crippen molar-refractivity contribution in [2.24, 2.45) is 5.41 Å². The summed E-state index contributed by atoms with van der Waals surface area (Å²) in [6.45, 7) is 9.69. The molecule has 0 aromatic heterocycles. The van der Waals surface area contributed by atoms with Gasteiger partial charge in [0, 0.05) is 39.2 Å². The molecule has 0 radical (unpaired) electrons. The fraction of sp³-hybridized carbons (Fsp3) is 0.737. The number of halogens is 2. The van der Waals surface area contributed by atoms with Gasteiger partial charge in [-0.3, -0.25) is 4.79 Å². The van der Waals surface area contributed by atoms with Gasteiger partial charge in [-0.15, -0.1) is 0 Å². The second-order valence-electron chi connectivity index (χ2n) is 7.77. The molecule has 1 amide bonds. The summed E-state index contributed by atoms with van der Waals surface area (Å²) in [5.41, 5.74) is 2.74. The molecule has 142 valence electrons. The highest BCUT2D eigenvalue weighted by Crippen LogP contribution is 2.40. The summed E-state index contributed by atoms with van der Waals surface area (Å²) >= 11 is 0.577. The van der Waals surface area contributed by atoms with Crippen molar-refractivity contribution in [3.63, 3.8) is 0 Å². The molecule has 0 atom stereocenters. The average molecular weight is 373 g/mol. The first-order chi connectivity index (χ1) is 11.6. The van der Waals surface area contributed by atoms with E-state index < -0.39 is 5.25 Å². The monoisotopic (exact) mass is 372 g/mol. The van der Waals surface area contributed by atoms with Gasteiger partial charge >= 0.3 is 5.25 Å². The minimum Gasteiger partial charge on any atom is -0.338 e. The first-order valence-electron chi connectivity index (χ1n) is 9.08. The molecule has 2 aliphatic rings. The van der Waals surface area contributed by atoms with E-state index in [9.17, 15) is 13.6 Å². The van der Waals surface area contributed by atoms with Crippen LogP contribution in [0.3, 0.4) is 0 Å². The van der Waals surface area contributed by atoms with Gasteiger partial charge in [0.2, 0.25) is 5.91 Å². The van der Waals surface area contributed by atoms with Crippen LogP contribution < -0.4 is 0 Å². The van der Waals surface area contributed by atoms with Crippen molar-refractivity contribution in [2.75, 3.05) is 26.2 Å². The minimum atomic E-state index is -2.77. The molecule has 0 spiro atoms. The van der Waals surface area contributed by atoms with Crippen LogP contribution in [0, 0.1) is 5.41 Å². The lowest BCUT2D eigenvalue weighted by Gasteiger charge is -2.33. The topological polar surface area (TPSA) is 23.6 Å². The van der Waals surface area contributed by atoms with Crippen LogP contribution in [0.1, 0.15) is 53.4 Å². The van der Waals surface area contributed by atoms with Gasteiger partial charge in [0.05, 0.1) is 0 Å². The Hall–Kier alpha value is -0.880. The second-order valence-corrected chi connectivity index (χ2v) is 9.19. The Morgan fingerprint density at radius 1 is 1.20 bits per heavy atom. The molecule has 0 aromatic carbocycles. The van der Waals surface area contributed by atoms with E-state index in [-0.39, 0.29) is 11.3 Å². The number of amides is 1. The van der Waals surface area contributed by atoms with Crippen molar-refractivity contribution in [3.05, 3.63) is 23.3 Å². The van der Waals surface area contributed by atoms with E-state index in [1.807, 2.05) is 6.08 Å². The molecule has 25 heavy (non-hydrogen) atoms. The maximum atomic E-state index is 13.2. The van der Waals surface area contributed by atoms with Crippen molar-refractivity contribution < 1.29 is 13.6 Å². The number of nitrogens with zero attached hydrogens (tertiary/aromatic N) is 2. The van der Waals surface area contributed by atoms with Crippen molar-refractivity contribution in [3.8, 4) is 0 Å². The summed E-state index contributed by atoms with van der Waals surface area (Å²) < 4.78 is 28.0. The number of alkyl halides is 2. The number of carbonyl (C=O) groups excluding carboxylic acids is 1. The van der Waals surface area contributed by atoms with Crippen LogP contribution in [-0.2, 0) is 4.79 Å². The Bertz CT molecular complexity index is 552. The van der Waals surface area contributed by atoms with E-state index in [1.165, 1.54) is 17.6 Å². The number of hydrogen-bond donors (Lipinski definition) is 0. The van der Waals surface area contributed by atoms with Gasteiger partial charge in [0.15, 0.2) is 0 Å². The van der Waals surface area contributed by atoms with Gasteiger partial charge < -0.3 is 4.90 Å². The van der Waals surface area contributed by atoms with Crippen molar-refractivity contribution in [1.29, 1.82) is 0 Å². The number of rotatable bonds is 4. The minimum absolute atomic E-state index is 0.0169. The molecule has 1 aliphatic carbocycles. The van der Waals surface area contributed by atoms with Gasteiger partial charge in [-0.05, 0) is 55.5 Å². The van der Waals surface area contributed by atoms with Gasteiger partial charge in [0.25, 0.3) is 0 Å². The molecule has 6 heteroatoms. The fourth-order valence-electron chi connectivity index (χ4n) is 3.70. The van der Waals surface area contributed by atoms with Gasteiger partial charge in [-0.25, -0.2) is 4.31 Å². The molecule has 2 rings (SSSR count). The van der Waals surface area contributed by atoms with Gasteiger partial charge in [0.1, 0.15) is 0 Å². The third kappa shape index (κ3) is 6.10. The molecular formula is C19H30F2N2OS. The maximum Gasteiger partial charge on any atom is 0.304 e. The largest absolute Gasteiger partial charge is 0.338 e. The standard InChI is InChI=1S/C19H30F2N2OS/c1-15-7-5-10-18(2,3)16(15)8-9-17(24)22-11-6-12-23(14-13-22)25-19(4,20)21/h8-9H,5-7,10-14H2,1-4H3/b9-8+. The quantitative estimate of drug-likeness (QED) is 0.520. The Labute approximate surface area is 154 Å². The smallest absolute Gasteiger partial charge is 0.304 e. The molecule has 0 N–H and O–H groups in total. The predicted molar refractivity (Wildman–Crippen MR) is 100 cm³/mol. The Kier molecular flexibility index (Phi) is 6.71. The molecule has 0 unspecified atom stereocenters. The SMILES string of the molecule is CC1=C(/C=C/C(=O)N2CCCN(SC(C)(F)F)CC2)C(C)(C)CCC1. The molecule has 1 saturated heterocycles. The zero-order valence-electron chi connectivity index (χ0n) is 15.8. The highest BCUT2D eigenvalue weighted by atomic mass is 32.2. The van der Waals surface area contributed by atoms with Crippen LogP contribution in [0.5, 0.6) is 0 Å². The van der Waals surface area contributed by atoms with E-state index in [1.54, 1.807) is 15.3 Å². The Morgan fingerprint density at radius 2 is 1.92 bits per heavy atom. The molecule has 1 fully saturated rings. The number of hydrogen-bond acceptors (Lipinski definition) is 3. The molecule has 0 aromatic rings.